The molecule has 2 aliphatic carbocycles. The van der Waals surface area contributed by atoms with Crippen LogP contribution in [-0.2, 0) is 11.3 Å². The number of fused-ring (bicyclic) bond motifs is 1. The minimum atomic E-state index is -0.573. The predicted octanol–water partition coefficient (Wildman–Crippen LogP) is 4.34. The maximum absolute atomic E-state index is 13.5. The molecule has 2 saturated carbocycles. The summed E-state index contributed by atoms with van der Waals surface area (Å²) in [4.78, 5) is 17.9. The van der Waals surface area contributed by atoms with Gasteiger partial charge in [0.15, 0.2) is 0 Å². The van der Waals surface area contributed by atoms with Crippen LogP contribution in [0.2, 0.25) is 10.0 Å². The van der Waals surface area contributed by atoms with Crippen LogP contribution in [0.15, 0.2) is 36.4 Å². The molecule has 2 fully saturated rings. The maximum atomic E-state index is 13.5. The molecule has 29 heavy (non-hydrogen) atoms. The van der Waals surface area contributed by atoms with Crippen molar-refractivity contribution in [3.63, 3.8) is 0 Å². The van der Waals surface area contributed by atoms with Crippen LogP contribution in [-0.4, -0.2) is 35.7 Å². The minimum Gasteiger partial charge on any atom is -0.506 e. The number of anilines is 2. The Bertz CT molecular complexity index is 973. The third kappa shape index (κ3) is 3.45. The molecule has 1 aliphatic heterocycles. The number of carbonyl (C=O) groups excluding carboxylic acids is 1. The van der Waals surface area contributed by atoms with E-state index >= 15 is 0 Å². The molecule has 1 amide bonds. The zero-order valence-electron chi connectivity index (χ0n) is 16.0. The van der Waals surface area contributed by atoms with E-state index in [9.17, 15) is 9.90 Å². The first-order valence-electron chi connectivity index (χ1n) is 10.1. The molecule has 0 saturated heterocycles. The van der Waals surface area contributed by atoms with Crippen molar-refractivity contribution in [3.8, 4) is 5.75 Å². The molecule has 3 aliphatic rings. The fraction of sp³-hybridized carbons (Fsp3) is 0.409. The van der Waals surface area contributed by atoms with E-state index in [4.69, 9.17) is 23.2 Å². The van der Waals surface area contributed by atoms with Gasteiger partial charge in [-0.05, 0) is 49.4 Å². The molecule has 0 unspecified atom stereocenters. The quantitative estimate of drug-likeness (QED) is 0.739. The molecular weight excluding hydrogens is 409 g/mol. The topological polar surface area (TPSA) is 55.8 Å². The van der Waals surface area contributed by atoms with Crippen LogP contribution in [0, 0.1) is 0 Å². The first-order valence-corrected chi connectivity index (χ1v) is 10.8. The normalized spacial score (nSPS) is 19.8. The number of nitrogens with one attached hydrogen (secondary N) is 1. The molecule has 0 aromatic heterocycles. The standard InChI is InChI=1S/C22H23Cl2N3O2/c23-15-11-14(20(24)19(28)12-15)13-25-22(7-8-22)21(29)27-10-9-26(16-5-6-16)17-3-1-2-4-18(17)27/h1-4,11-12,16,25,28H,5-10,13H2. The monoisotopic (exact) mass is 431 g/mol. The Hall–Kier alpha value is -1.95. The molecule has 0 bridgehead atoms. The first-order chi connectivity index (χ1) is 14.0. The number of hydrogen-bond donors (Lipinski definition) is 2. The van der Waals surface area contributed by atoms with Crippen LogP contribution in [0.3, 0.4) is 0 Å². The van der Waals surface area contributed by atoms with Crippen molar-refractivity contribution in [2.45, 2.75) is 43.8 Å². The van der Waals surface area contributed by atoms with E-state index in [1.54, 1.807) is 6.07 Å². The minimum absolute atomic E-state index is 0.0442. The van der Waals surface area contributed by atoms with E-state index < -0.39 is 5.54 Å². The number of carbonyl (C=O) groups is 1. The lowest BCUT2D eigenvalue weighted by Gasteiger charge is -2.39. The summed E-state index contributed by atoms with van der Waals surface area (Å²) >= 11 is 12.3. The Morgan fingerprint density at radius 1 is 1.14 bits per heavy atom. The summed E-state index contributed by atoms with van der Waals surface area (Å²) in [6.07, 6.45) is 4.06. The van der Waals surface area contributed by atoms with Gasteiger partial charge in [0.2, 0.25) is 5.91 Å². The number of para-hydroxylation sites is 2. The van der Waals surface area contributed by atoms with Crippen LogP contribution in [0.5, 0.6) is 5.75 Å². The second-order valence-electron chi connectivity index (χ2n) is 8.20. The number of benzene rings is 2. The molecule has 0 radical (unpaired) electrons. The van der Waals surface area contributed by atoms with Crippen LogP contribution >= 0.6 is 23.2 Å². The highest BCUT2D eigenvalue weighted by molar-refractivity contribution is 6.34. The summed E-state index contributed by atoms with van der Waals surface area (Å²) in [6, 6.07) is 12.0. The Morgan fingerprint density at radius 2 is 1.86 bits per heavy atom. The van der Waals surface area contributed by atoms with E-state index in [0.29, 0.717) is 29.7 Å². The number of halogens is 2. The Balaban J connectivity index is 1.36. The van der Waals surface area contributed by atoms with Crippen molar-refractivity contribution in [3.05, 3.63) is 52.0 Å². The summed E-state index contributed by atoms with van der Waals surface area (Å²) in [5.41, 5.74) is 2.28. The van der Waals surface area contributed by atoms with Gasteiger partial charge in [0.25, 0.3) is 0 Å². The van der Waals surface area contributed by atoms with Crippen LogP contribution < -0.4 is 15.1 Å². The van der Waals surface area contributed by atoms with Crippen molar-refractivity contribution >= 4 is 40.5 Å². The molecule has 5 rings (SSSR count). The van der Waals surface area contributed by atoms with Crippen LogP contribution in [0.1, 0.15) is 31.2 Å². The van der Waals surface area contributed by atoms with Gasteiger partial charge >= 0.3 is 0 Å². The summed E-state index contributed by atoms with van der Waals surface area (Å²) in [6.45, 7) is 1.95. The van der Waals surface area contributed by atoms with E-state index in [1.165, 1.54) is 18.9 Å². The molecule has 2 aromatic rings. The lowest BCUT2D eigenvalue weighted by molar-refractivity contribution is -0.121. The molecule has 2 N–H and O–H groups in total. The average molecular weight is 432 g/mol. The van der Waals surface area contributed by atoms with Gasteiger partial charge in [0, 0.05) is 36.8 Å². The van der Waals surface area contributed by atoms with Gasteiger partial charge in [-0.1, -0.05) is 35.3 Å². The average Bonchev–Trinajstić information content (AvgIpc) is 3.63. The van der Waals surface area contributed by atoms with E-state index in [1.807, 2.05) is 23.1 Å². The van der Waals surface area contributed by atoms with Gasteiger partial charge in [-0.25, -0.2) is 0 Å². The molecule has 5 nitrogen and oxygen atoms in total. The summed E-state index contributed by atoms with van der Waals surface area (Å²) in [7, 11) is 0. The zero-order chi connectivity index (χ0) is 20.2. The smallest absolute Gasteiger partial charge is 0.247 e. The highest BCUT2D eigenvalue weighted by Gasteiger charge is 2.52. The molecule has 7 heteroatoms. The van der Waals surface area contributed by atoms with Gasteiger partial charge in [0.1, 0.15) is 5.75 Å². The van der Waals surface area contributed by atoms with Gasteiger partial charge in [-0.3, -0.25) is 10.1 Å². The van der Waals surface area contributed by atoms with E-state index in [-0.39, 0.29) is 16.7 Å². The van der Waals surface area contributed by atoms with Gasteiger partial charge < -0.3 is 14.9 Å². The summed E-state index contributed by atoms with van der Waals surface area (Å²) < 4.78 is 0. The molecule has 0 spiro atoms. The third-order valence-corrected chi connectivity index (χ3v) is 6.80. The summed E-state index contributed by atoms with van der Waals surface area (Å²) in [5.74, 6) is 0.0695. The Labute approximate surface area is 180 Å². The van der Waals surface area contributed by atoms with Crippen molar-refractivity contribution in [1.82, 2.24) is 5.32 Å². The van der Waals surface area contributed by atoms with Crippen LogP contribution in [0.25, 0.3) is 0 Å². The lowest BCUT2D eigenvalue weighted by atomic mass is 10.1. The number of phenolic OH excluding ortho intramolecular Hbond substituents is 1. The largest absolute Gasteiger partial charge is 0.506 e. The van der Waals surface area contributed by atoms with Crippen molar-refractivity contribution in [1.29, 1.82) is 0 Å². The number of amides is 1. The molecule has 2 aromatic carbocycles. The van der Waals surface area contributed by atoms with Crippen molar-refractivity contribution in [2.24, 2.45) is 0 Å². The van der Waals surface area contributed by atoms with Crippen molar-refractivity contribution < 1.29 is 9.90 Å². The number of aromatic hydroxyl groups is 1. The first kappa shape index (κ1) is 19.0. The zero-order valence-corrected chi connectivity index (χ0v) is 17.5. The van der Waals surface area contributed by atoms with Gasteiger partial charge in [0.05, 0.1) is 21.9 Å². The van der Waals surface area contributed by atoms with Crippen molar-refractivity contribution in [2.75, 3.05) is 22.9 Å². The molecule has 152 valence electrons. The maximum Gasteiger partial charge on any atom is 0.247 e. The molecular formula is C22H23Cl2N3O2. The Kier molecular flexibility index (Phi) is 4.65. The van der Waals surface area contributed by atoms with Crippen LogP contribution in [0.4, 0.5) is 11.4 Å². The number of rotatable bonds is 5. The second kappa shape index (κ2) is 7.08. The Morgan fingerprint density at radius 3 is 2.55 bits per heavy atom. The fourth-order valence-electron chi connectivity index (χ4n) is 4.23. The number of nitrogens with zero attached hydrogens (tertiary/aromatic N) is 2. The van der Waals surface area contributed by atoms with Gasteiger partial charge in [-0.2, -0.15) is 0 Å². The highest BCUT2D eigenvalue weighted by atomic mass is 35.5. The summed E-state index contributed by atoms with van der Waals surface area (Å²) in [5, 5.41) is 14.0. The van der Waals surface area contributed by atoms with Gasteiger partial charge in [-0.15, -0.1) is 0 Å². The lowest BCUT2D eigenvalue weighted by Crippen LogP contribution is -2.53. The number of phenols is 1. The number of hydrogen-bond acceptors (Lipinski definition) is 4. The van der Waals surface area contributed by atoms with E-state index in [0.717, 1.165) is 30.8 Å². The third-order valence-electron chi connectivity index (χ3n) is 6.15. The second-order valence-corrected chi connectivity index (χ2v) is 9.02. The SMILES string of the molecule is O=C(N1CCN(C2CC2)c2ccccc21)C1(NCc2cc(Cl)cc(O)c2Cl)CC1. The molecule has 1 heterocycles. The molecule has 0 atom stereocenters. The predicted molar refractivity (Wildman–Crippen MR) is 116 cm³/mol. The fourth-order valence-corrected chi connectivity index (χ4v) is 4.64. The van der Waals surface area contributed by atoms with E-state index in [2.05, 4.69) is 16.3 Å². The highest BCUT2D eigenvalue weighted by Crippen LogP contribution is 2.44.